The number of carboxylic acids is 1. The number of pyridine rings is 1. The van der Waals surface area contributed by atoms with Crippen LogP contribution in [0.4, 0.5) is 25.0 Å². The molecule has 14 nitrogen and oxygen atoms in total. The third-order valence-corrected chi connectivity index (χ3v) is 9.60. The first-order chi connectivity index (χ1) is 25.0. The number of alkyl carbamates (subject to hydrolysis) is 1. The predicted molar refractivity (Wildman–Crippen MR) is 190 cm³/mol. The van der Waals surface area contributed by atoms with Gasteiger partial charge in [-0.25, -0.2) is 23.2 Å². The lowest BCUT2D eigenvalue weighted by atomic mass is 9.97. The molecule has 1 amide bonds. The molecule has 1 aliphatic carbocycles. The summed E-state index contributed by atoms with van der Waals surface area (Å²) >= 11 is 0. The Morgan fingerprint density at radius 2 is 1.79 bits per heavy atom. The van der Waals surface area contributed by atoms with Crippen molar-refractivity contribution in [3.63, 3.8) is 0 Å². The Morgan fingerprint density at radius 3 is 2.43 bits per heavy atom. The predicted octanol–water partition coefficient (Wildman–Crippen LogP) is 5.23. The maximum Gasteiger partial charge on any atom is 0.408 e. The van der Waals surface area contributed by atoms with E-state index in [1.165, 1.54) is 25.3 Å². The fourth-order valence-electron chi connectivity index (χ4n) is 6.60. The zero-order valence-corrected chi connectivity index (χ0v) is 30.1. The number of hydroxylamine groups is 2. The van der Waals surface area contributed by atoms with Crippen molar-refractivity contribution in [2.75, 3.05) is 44.5 Å². The van der Waals surface area contributed by atoms with E-state index < -0.39 is 57.5 Å². The zero-order valence-electron chi connectivity index (χ0n) is 30.1. The SMILES string of the molecule is C[C@H](NC(=O)OC(C)(C)C)C(=O)OC[C@H]1C[N+]([O-])(c2ccc(OCC3CCN(c4cc5c(cc4F)c(=O)c(C(=O)O)cn5C4CC4)CC3)c(F)c2)CO1. The Kier molecular flexibility index (Phi) is 10.7. The van der Waals surface area contributed by atoms with Crippen molar-refractivity contribution < 1.29 is 47.2 Å². The van der Waals surface area contributed by atoms with E-state index in [-0.39, 0.29) is 60.8 Å². The molecule has 1 saturated carbocycles. The number of hydrogen-bond acceptors (Lipinski definition) is 10. The molecular weight excluding hydrogens is 698 g/mol. The molecule has 2 N–H and O–H groups in total. The lowest BCUT2D eigenvalue weighted by Crippen LogP contribution is -2.44. The Bertz CT molecular complexity index is 1950. The van der Waals surface area contributed by atoms with Crippen LogP contribution in [0.2, 0.25) is 0 Å². The normalized spacial score (nSPS) is 21.3. The number of amides is 1. The van der Waals surface area contributed by atoms with Crippen LogP contribution in [-0.2, 0) is 19.0 Å². The van der Waals surface area contributed by atoms with E-state index in [2.05, 4.69) is 5.32 Å². The molecule has 0 bridgehead atoms. The number of carbonyl (C=O) groups is 3. The highest BCUT2D eigenvalue weighted by Gasteiger charge is 2.36. The second kappa shape index (κ2) is 14.9. The Hall–Kier alpha value is -4.80. The molecule has 3 fully saturated rings. The number of carboxylic acid groups (broad SMARTS) is 1. The van der Waals surface area contributed by atoms with E-state index >= 15 is 8.78 Å². The van der Waals surface area contributed by atoms with Crippen molar-refractivity contribution in [2.45, 2.75) is 77.2 Å². The first kappa shape index (κ1) is 37.9. The van der Waals surface area contributed by atoms with E-state index in [9.17, 15) is 29.5 Å². The highest BCUT2D eigenvalue weighted by atomic mass is 19.1. The molecule has 0 radical (unpaired) electrons. The van der Waals surface area contributed by atoms with Gasteiger partial charge in [0.1, 0.15) is 48.0 Å². The number of halogens is 2. The second-order valence-electron chi connectivity index (χ2n) is 15.0. The highest BCUT2D eigenvalue weighted by molar-refractivity contribution is 5.93. The number of piperidine rings is 1. The fraction of sp³-hybridized carbons (Fsp3) is 0.514. The van der Waals surface area contributed by atoms with Gasteiger partial charge in [-0.05, 0) is 77.5 Å². The van der Waals surface area contributed by atoms with Crippen molar-refractivity contribution in [1.29, 1.82) is 0 Å². The third-order valence-electron chi connectivity index (χ3n) is 9.60. The number of ether oxygens (including phenoxy) is 4. The molecule has 53 heavy (non-hydrogen) atoms. The van der Waals surface area contributed by atoms with Crippen LogP contribution in [0.15, 0.2) is 41.3 Å². The Morgan fingerprint density at radius 1 is 1.08 bits per heavy atom. The lowest BCUT2D eigenvalue weighted by Gasteiger charge is -2.36. The molecule has 2 aliphatic heterocycles. The van der Waals surface area contributed by atoms with Crippen LogP contribution in [0, 0.1) is 22.8 Å². The van der Waals surface area contributed by atoms with Crippen LogP contribution in [0.25, 0.3) is 10.9 Å². The van der Waals surface area contributed by atoms with Crippen molar-refractivity contribution in [3.8, 4) is 5.75 Å². The van der Waals surface area contributed by atoms with Crippen LogP contribution >= 0.6 is 0 Å². The van der Waals surface area contributed by atoms with E-state index in [1.807, 2.05) is 4.90 Å². The smallest absolute Gasteiger partial charge is 0.408 e. The average molecular weight is 743 g/mol. The minimum atomic E-state index is -1.35. The summed E-state index contributed by atoms with van der Waals surface area (Å²) in [5.41, 5.74) is -0.880. The van der Waals surface area contributed by atoms with Gasteiger partial charge in [-0.1, -0.05) is 0 Å². The van der Waals surface area contributed by atoms with Gasteiger partial charge in [-0.3, -0.25) is 4.79 Å². The number of nitrogens with one attached hydrogen (secondary N) is 1. The second-order valence-corrected chi connectivity index (χ2v) is 15.0. The summed E-state index contributed by atoms with van der Waals surface area (Å²) < 4.78 is 53.1. The first-order valence-electron chi connectivity index (χ1n) is 17.7. The molecule has 3 aliphatic rings. The topological polar surface area (TPSA) is 169 Å². The number of quaternary nitrogens is 1. The number of aromatic nitrogens is 1. The number of hydrogen-bond donors (Lipinski definition) is 2. The molecule has 6 rings (SSSR count). The molecule has 2 aromatic carbocycles. The molecule has 1 aromatic heterocycles. The largest absolute Gasteiger partial charge is 0.626 e. The van der Waals surface area contributed by atoms with Gasteiger partial charge in [0.15, 0.2) is 18.3 Å². The van der Waals surface area contributed by atoms with Gasteiger partial charge in [-0.15, -0.1) is 0 Å². The van der Waals surface area contributed by atoms with Gasteiger partial charge in [0.2, 0.25) is 5.43 Å². The monoisotopic (exact) mass is 742 g/mol. The molecule has 286 valence electrons. The number of esters is 1. The van der Waals surface area contributed by atoms with Gasteiger partial charge in [0, 0.05) is 42.8 Å². The van der Waals surface area contributed by atoms with Crippen molar-refractivity contribution in [2.24, 2.45) is 5.92 Å². The van der Waals surface area contributed by atoms with Crippen molar-refractivity contribution in [3.05, 3.63) is 69.2 Å². The minimum absolute atomic E-state index is 0.0146. The lowest BCUT2D eigenvalue weighted by molar-refractivity contribution is -0.148. The number of fused-ring (bicyclic) bond motifs is 1. The molecule has 16 heteroatoms. The fourth-order valence-corrected chi connectivity index (χ4v) is 6.60. The van der Waals surface area contributed by atoms with Crippen LogP contribution in [0.5, 0.6) is 5.75 Å². The molecule has 3 heterocycles. The number of anilines is 1. The summed E-state index contributed by atoms with van der Waals surface area (Å²) in [6, 6.07) is 5.81. The van der Waals surface area contributed by atoms with Crippen LogP contribution in [0.3, 0.4) is 0 Å². The third kappa shape index (κ3) is 8.71. The van der Waals surface area contributed by atoms with Crippen LogP contribution < -0.4 is 25.0 Å². The number of aromatic carboxylic acids is 1. The van der Waals surface area contributed by atoms with E-state index in [0.717, 1.165) is 25.0 Å². The first-order valence-corrected chi connectivity index (χ1v) is 17.7. The van der Waals surface area contributed by atoms with E-state index in [0.29, 0.717) is 37.1 Å². The summed E-state index contributed by atoms with van der Waals surface area (Å²) in [7, 11) is 0. The van der Waals surface area contributed by atoms with Gasteiger partial charge in [0.05, 0.1) is 17.8 Å². The molecule has 3 aromatic rings. The number of benzene rings is 2. The summed E-state index contributed by atoms with van der Waals surface area (Å²) in [5.74, 6) is -3.36. The summed E-state index contributed by atoms with van der Waals surface area (Å²) in [6.07, 6.45) is 2.79. The summed E-state index contributed by atoms with van der Waals surface area (Å²) in [6.45, 7) is 7.03. The van der Waals surface area contributed by atoms with E-state index in [4.69, 9.17) is 18.9 Å². The molecular formula is C37H44F2N4O10. The van der Waals surface area contributed by atoms with Gasteiger partial charge >= 0.3 is 18.0 Å². The van der Waals surface area contributed by atoms with Gasteiger partial charge in [-0.2, -0.15) is 0 Å². The molecule has 2 saturated heterocycles. The number of nitrogens with zero attached hydrogens (tertiary/aromatic N) is 3. The Balaban J connectivity index is 0.999. The van der Waals surface area contributed by atoms with Crippen LogP contribution in [-0.4, -0.2) is 85.0 Å². The van der Waals surface area contributed by atoms with E-state index in [1.54, 1.807) is 31.4 Å². The van der Waals surface area contributed by atoms with Crippen molar-refractivity contribution in [1.82, 2.24) is 14.5 Å². The standard InChI is InChI=1S/C37H44F2N4O10/c1-21(40-36(48)53-37(2,3)4)35(47)51-19-25-17-43(49,20-52-25)24-7-8-32(29(39)13-24)50-18-22-9-11-41(12-10-22)31-15-30-26(14-28(31)38)33(44)27(34(45)46)16-42(30)23-5-6-23/h7-8,13-16,21-23,25H,5-6,9-12,17-20H2,1-4H3,(H,40,48)(H,45,46)/t21-,25+,43?/m0/s1. The van der Waals surface area contributed by atoms with Crippen LogP contribution in [0.1, 0.15) is 69.8 Å². The van der Waals surface area contributed by atoms with Gasteiger partial charge in [0.25, 0.3) is 0 Å². The highest BCUT2D eigenvalue weighted by Crippen LogP contribution is 2.39. The van der Waals surface area contributed by atoms with Gasteiger partial charge < -0.3 is 48.7 Å². The average Bonchev–Trinajstić information content (AvgIpc) is 3.86. The molecule has 1 unspecified atom stereocenters. The summed E-state index contributed by atoms with van der Waals surface area (Å²) in [4.78, 5) is 50.7. The van der Waals surface area contributed by atoms with Crippen molar-refractivity contribution >= 4 is 40.3 Å². The number of carbonyl (C=O) groups excluding carboxylic acids is 2. The number of rotatable bonds is 11. The zero-order chi connectivity index (χ0) is 38.2. The quantitative estimate of drug-likeness (QED) is 0.150. The maximum absolute atomic E-state index is 15.4. The maximum atomic E-state index is 15.4. The molecule has 3 atom stereocenters. The Labute approximate surface area is 304 Å². The summed E-state index contributed by atoms with van der Waals surface area (Å²) in [5, 5.41) is 25.5. The minimum Gasteiger partial charge on any atom is -0.626 e. The molecule has 0 spiro atoms.